The van der Waals surface area contributed by atoms with Crippen molar-refractivity contribution >= 4 is 25.7 Å². The molecule has 11 heteroatoms. The fourth-order valence-corrected chi connectivity index (χ4v) is 3.39. The van der Waals surface area contributed by atoms with Crippen molar-refractivity contribution in [3.05, 3.63) is 36.3 Å². The molecule has 0 aliphatic rings. The highest BCUT2D eigenvalue weighted by Gasteiger charge is 2.20. The monoisotopic (exact) mass is 334 g/mol. The Morgan fingerprint density at radius 1 is 1.24 bits per heavy atom. The van der Waals surface area contributed by atoms with E-state index in [1.807, 2.05) is 0 Å². The first-order valence-corrected chi connectivity index (χ1v) is 8.47. The van der Waals surface area contributed by atoms with Crippen LogP contribution in [0.1, 0.15) is 0 Å². The van der Waals surface area contributed by atoms with Gasteiger partial charge in [-0.1, -0.05) is 0 Å². The van der Waals surface area contributed by atoms with Gasteiger partial charge in [0.15, 0.2) is 5.03 Å². The van der Waals surface area contributed by atoms with Crippen LogP contribution in [0.25, 0.3) is 0 Å². The Hall–Kier alpha value is -1.98. The Bertz CT molecular complexity index is 890. The van der Waals surface area contributed by atoms with Crippen molar-refractivity contribution in [1.29, 1.82) is 0 Å². The second-order valence-corrected chi connectivity index (χ2v) is 7.25. The van der Waals surface area contributed by atoms with E-state index in [1.165, 1.54) is 19.3 Å². The highest BCUT2D eigenvalue weighted by atomic mass is 32.2. The molecule has 3 N–H and O–H groups in total. The maximum absolute atomic E-state index is 13.6. The number of anilines is 1. The van der Waals surface area contributed by atoms with Crippen LogP contribution in [0.5, 0.6) is 0 Å². The van der Waals surface area contributed by atoms with E-state index in [2.05, 4.69) is 9.82 Å². The minimum Gasteiger partial charge on any atom is -0.278 e. The molecule has 1 aromatic heterocycles. The number of sulfonamides is 2. The number of primary sulfonamides is 1. The number of hydrogen-bond acceptors (Lipinski definition) is 5. The van der Waals surface area contributed by atoms with E-state index >= 15 is 0 Å². The van der Waals surface area contributed by atoms with Gasteiger partial charge in [0.1, 0.15) is 10.7 Å². The van der Waals surface area contributed by atoms with Gasteiger partial charge in [-0.3, -0.25) is 9.40 Å². The number of nitrogens with one attached hydrogen (secondary N) is 1. The molecule has 0 radical (unpaired) electrons. The molecule has 114 valence electrons. The zero-order valence-electron chi connectivity index (χ0n) is 10.7. The molecule has 0 bridgehead atoms. The number of nitrogens with two attached hydrogens (primary N) is 1. The third-order valence-corrected chi connectivity index (χ3v) is 4.94. The number of rotatable bonds is 4. The average molecular weight is 334 g/mol. The van der Waals surface area contributed by atoms with Gasteiger partial charge in [0.2, 0.25) is 10.0 Å². The zero-order chi connectivity index (χ0) is 15.8. The molecule has 0 saturated carbocycles. The molecule has 0 amide bonds. The third-order valence-electron chi connectivity index (χ3n) is 2.54. The fourth-order valence-electron chi connectivity index (χ4n) is 1.63. The largest absolute Gasteiger partial charge is 0.279 e. The van der Waals surface area contributed by atoms with Gasteiger partial charge in [-0.05, 0) is 24.3 Å². The molecule has 0 aliphatic carbocycles. The number of nitrogens with zero attached hydrogens (tertiary/aromatic N) is 2. The van der Waals surface area contributed by atoms with Crippen LogP contribution in [0, 0.1) is 5.82 Å². The van der Waals surface area contributed by atoms with Crippen molar-refractivity contribution < 1.29 is 21.2 Å². The third kappa shape index (κ3) is 3.20. The molecule has 2 aromatic rings. The van der Waals surface area contributed by atoms with E-state index in [0.29, 0.717) is 0 Å². The summed E-state index contributed by atoms with van der Waals surface area (Å²) in [6.45, 7) is 0. The Labute approximate surface area is 120 Å². The Morgan fingerprint density at radius 3 is 2.38 bits per heavy atom. The minimum absolute atomic E-state index is 0.126. The fraction of sp³-hybridized carbons (Fsp3) is 0.100. The smallest absolute Gasteiger partial charge is 0.278 e. The lowest BCUT2D eigenvalue weighted by Gasteiger charge is -2.09. The zero-order valence-corrected chi connectivity index (χ0v) is 12.3. The lowest BCUT2D eigenvalue weighted by Crippen LogP contribution is -2.18. The molecule has 2 rings (SSSR count). The van der Waals surface area contributed by atoms with E-state index in [0.717, 1.165) is 22.9 Å². The molecule has 0 unspecified atom stereocenters. The van der Waals surface area contributed by atoms with Crippen LogP contribution < -0.4 is 9.86 Å². The Morgan fingerprint density at radius 2 is 1.90 bits per heavy atom. The summed E-state index contributed by atoms with van der Waals surface area (Å²) in [4.78, 5) is -0.717. The van der Waals surface area contributed by atoms with Crippen LogP contribution in [0.3, 0.4) is 0 Å². The van der Waals surface area contributed by atoms with Crippen LogP contribution in [-0.4, -0.2) is 26.6 Å². The average Bonchev–Trinajstić information content (AvgIpc) is 2.74. The molecule has 0 spiro atoms. The topological polar surface area (TPSA) is 124 Å². The predicted octanol–water partition coefficient (Wildman–Crippen LogP) is 0.00740. The van der Waals surface area contributed by atoms with Crippen LogP contribution in [0.2, 0.25) is 0 Å². The summed E-state index contributed by atoms with van der Waals surface area (Å²) in [6.07, 6.45) is 1.29. The molecule has 0 fully saturated rings. The van der Waals surface area contributed by atoms with Crippen LogP contribution in [0.15, 0.2) is 40.4 Å². The van der Waals surface area contributed by atoms with Crippen molar-refractivity contribution in [3.63, 3.8) is 0 Å². The molecule has 0 saturated heterocycles. The first-order chi connectivity index (χ1) is 9.61. The van der Waals surface area contributed by atoms with Gasteiger partial charge in [-0.15, -0.1) is 0 Å². The van der Waals surface area contributed by atoms with Crippen molar-refractivity contribution in [2.24, 2.45) is 12.2 Å². The first kappa shape index (κ1) is 15.4. The molecule has 8 nitrogen and oxygen atoms in total. The van der Waals surface area contributed by atoms with Crippen LogP contribution in [-0.2, 0) is 27.1 Å². The number of hydrogen-bond donors (Lipinski definition) is 2. The Balaban J connectivity index is 2.38. The first-order valence-electron chi connectivity index (χ1n) is 5.44. The van der Waals surface area contributed by atoms with E-state index in [1.54, 1.807) is 0 Å². The second kappa shape index (κ2) is 5.09. The standard InChI is InChI=1S/C10H11FN4O4S2/c1-15-10(4-5-13-15)21(18,19)14-7-2-3-9(8(11)6-7)20(12,16)17/h2-6,14H,1H3,(H2,12,16,17). The molecule has 1 heterocycles. The maximum Gasteiger partial charge on any atom is 0.279 e. The molecular formula is C10H11FN4O4S2. The molecular weight excluding hydrogens is 323 g/mol. The molecule has 0 atom stereocenters. The summed E-state index contributed by atoms with van der Waals surface area (Å²) < 4.78 is 63.1. The number of aryl methyl sites for hydroxylation is 1. The van der Waals surface area contributed by atoms with E-state index < -0.39 is 30.8 Å². The van der Waals surface area contributed by atoms with Crippen LogP contribution >= 0.6 is 0 Å². The maximum atomic E-state index is 13.6. The molecule has 21 heavy (non-hydrogen) atoms. The minimum atomic E-state index is -4.21. The van der Waals surface area contributed by atoms with E-state index in [-0.39, 0.29) is 10.7 Å². The van der Waals surface area contributed by atoms with E-state index in [9.17, 15) is 21.2 Å². The number of benzene rings is 1. The summed E-state index contributed by atoms with van der Waals surface area (Å²) in [5, 5.41) is 8.40. The quantitative estimate of drug-likeness (QED) is 0.815. The SMILES string of the molecule is Cn1nccc1S(=O)(=O)Nc1ccc(S(N)(=O)=O)c(F)c1. The second-order valence-electron chi connectivity index (χ2n) is 4.09. The molecule has 1 aromatic carbocycles. The Kier molecular flexibility index (Phi) is 3.74. The van der Waals surface area contributed by atoms with Crippen molar-refractivity contribution in [3.8, 4) is 0 Å². The highest BCUT2D eigenvalue weighted by molar-refractivity contribution is 7.92. The van der Waals surface area contributed by atoms with Gasteiger partial charge in [-0.2, -0.15) is 13.5 Å². The summed E-state index contributed by atoms with van der Waals surface area (Å²) >= 11 is 0. The summed E-state index contributed by atoms with van der Waals surface area (Å²) in [5.41, 5.74) is -0.138. The summed E-state index contributed by atoms with van der Waals surface area (Å²) in [5.74, 6) is -1.15. The van der Waals surface area contributed by atoms with Gasteiger partial charge in [-0.25, -0.2) is 17.9 Å². The van der Waals surface area contributed by atoms with Crippen LogP contribution in [0.4, 0.5) is 10.1 Å². The normalized spacial score (nSPS) is 12.3. The predicted molar refractivity (Wildman–Crippen MR) is 71.8 cm³/mol. The number of halogens is 1. The van der Waals surface area contributed by atoms with Crippen molar-refractivity contribution in [2.75, 3.05) is 4.72 Å². The lowest BCUT2D eigenvalue weighted by molar-refractivity contribution is 0.568. The summed E-state index contributed by atoms with van der Waals surface area (Å²) in [7, 11) is -6.74. The van der Waals surface area contributed by atoms with Gasteiger partial charge >= 0.3 is 0 Å². The lowest BCUT2D eigenvalue weighted by atomic mass is 10.3. The van der Waals surface area contributed by atoms with Crippen molar-refractivity contribution in [2.45, 2.75) is 9.92 Å². The van der Waals surface area contributed by atoms with Gasteiger partial charge in [0.25, 0.3) is 10.0 Å². The summed E-state index contributed by atoms with van der Waals surface area (Å²) in [6, 6.07) is 3.97. The van der Waals surface area contributed by atoms with Gasteiger partial charge in [0, 0.05) is 7.05 Å². The van der Waals surface area contributed by atoms with Gasteiger partial charge in [0.05, 0.1) is 11.9 Å². The number of aromatic nitrogens is 2. The van der Waals surface area contributed by atoms with Crippen molar-refractivity contribution in [1.82, 2.24) is 9.78 Å². The van der Waals surface area contributed by atoms with Gasteiger partial charge < -0.3 is 0 Å². The van der Waals surface area contributed by atoms with E-state index in [4.69, 9.17) is 5.14 Å². The highest BCUT2D eigenvalue weighted by Crippen LogP contribution is 2.20. The molecule has 0 aliphatic heterocycles.